The summed E-state index contributed by atoms with van der Waals surface area (Å²) in [4.78, 5) is 5.54. The van der Waals surface area contributed by atoms with Crippen molar-refractivity contribution in [2.45, 2.75) is 130 Å². The maximum absolute atomic E-state index is 2.77. The zero-order valence-electron chi connectivity index (χ0n) is 26.7. The van der Waals surface area contributed by atoms with Gasteiger partial charge in [0.1, 0.15) is 0 Å². The Hall–Kier alpha value is -2.22. The van der Waals surface area contributed by atoms with Gasteiger partial charge in [0.25, 0.3) is 0 Å². The second-order valence-electron chi connectivity index (χ2n) is 12.0. The molecular formula is C38H60N2. The lowest BCUT2D eigenvalue weighted by Crippen LogP contribution is -2.28. The van der Waals surface area contributed by atoms with Gasteiger partial charge in [-0.15, -0.1) is 0 Å². The van der Waals surface area contributed by atoms with E-state index in [-0.39, 0.29) is 0 Å². The SMILES string of the molecule is CCCCCCN(CCCCCC)c1c2ccccc2c(N(CCCCCC)CCCCCC)c2ccccc12. The molecule has 0 saturated carbocycles. The van der Waals surface area contributed by atoms with Crippen LogP contribution in [-0.2, 0) is 0 Å². The zero-order valence-corrected chi connectivity index (χ0v) is 26.7. The first-order valence-corrected chi connectivity index (χ1v) is 17.2. The number of hydrogen-bond acceptors (Lipinski definition) is 2. The number of benzene rings is 3. The summed E-state index contributed by atoms with van der Waals surface area (Å²) in [5.74, 6) is 0. The Balaban J connectivity index is 2.10. The van der Waals surface area contributed by atoms with Crippen LogP contribution in [0, 0.1) is 0 Å². The summed E-state index contributed by atoms with van der Waals surface area (Å²) >= 11 is 0. The molecule has 222 valence electrons. The molecule has 2 heteroatoms. The number of rotatable bonds is 22. The van der Waals surface area contributed by atoms with Crippen molar-refractivity contribution in [2.75, 3.05) is 36.0 Å². The minimum atomic E-state index is 1.16. The normalized spacial score (nSPS) is 11.5. The van der Waals surface area contributed by atoms with E-state index in [0.29, 0.717) is 0 Å². The van der Waals surface area contributed by atoms with Gasteiger partial charge in [0.15, 0.2) is 0 Å². The van der Waals surface area contributed by atoms with Gasteiger partial charge in [-0.25, -0.2) is 0 Å². The highest BCUT2D eigenvalue weighted by Gasteiger charge is 2.21. The molecular weight excluding hydrogens is 484 g/mol. The number of nitrogens with zero attached hydrogens (tertiary/aromatic N) is 2. The van der Waals surface area contributed by atoms with Gasteiger partial charge < -0.3 is 9.80 Å². The second kappa shape index (κ2) is 19.0. The van der Waals surface area contributed by atoms with Crippen LogP contribution in [0.2, 0.25) is 0 Å². The fraction of sp³-hybridized carbons (Fsp3) is 0.632. The molecule has 3 rings (SSSR count). The van der Waals surface area contributed by atoms with Crippen molar-refractivity contribution < 1.29 is 0 Å². The van der Waals surface area contributed by atoms with Crippen molar-refractivity contribution in [1.82, 2.24) is 0 Å². The lowest BCUT2D eigenvalue weighted by molar-refractivity contribution is 0.609. The molecule has 0 N–H and O–H groups in total. The number of unbranched alkanes of at least 4 members (excludes halogenated alkanes) is 12. The molecule has 40 heavy (non-hydrogen) atoms. The smallest absolute Gasteiger partial charge is 0.0527 e. The Morgan fingerprint density at radius 3 is 0.825 bits per heavy atom. The maximum Gasteiger partial charge on any atom is 0.0527 e. The molecule has 0 saturated heterocycles. The van der Waals surface area contributed by atoms with Crippen molar-refractivity contribution >= 4 is 32.9 Å². The third kappa shape index (κ3) is 9.42. The first-order chi connectivity index (χ1) is 19.8. The topological polar surface area (TPSA) is 6.48 Å². The molecule has 0 bridgehead atoms. The van der Waals surface area contributed by atoms with Crippen LogP contribution in [0.5, 0.6) is 0 Å². The molecule has 0 amide bonds. The molecule has 0 radical (unpaired) electrons. The molecule has 0 aliphatic carbocycles. The molecule has 0 unspecified atom stereocenters. The summed E-state index contributed by atoms with van der Waals surface area (Å²) < 4.78 is 0. The first kappa shape index (κ1) is 32.3. The molecule has 0 spiro atoms. The van der Waals surface area contributed by atoms with Crippen LogP contribution in [0.3, 0.4) is 0 Å². The van der Waals surface area contributed by atoms with Gasteiger partial charge >= 0.3 is 0 Å². The third-order valence-corrected chi connectivity index (χ3v) is 8.63. The Bertz CT molecular complexity index is 920. The molecule has 0 aliphatic rings. The maximum atomic E-state index is 2.77. The van der Waals surface area contributed by atoms with Gasteiger partial charge in [0.2, 0.25) is 0 Å². The van der Waals surface area contributed by atoms with E-state index in [1.165, 1.54) is 136 Å². The van der Waals surface area contributed by atoms with Crippen molar-refractivity contribution in [3.63, 3.8) is 0 Å². The van der Waals surface area contributed by atoms with Crippen LogP contribution in [0.4, 0.5) is 11.4 Å². The van der Waals surface area contributed by atoms with Crippen molar-refractivity contribution in [2.24, 2.45) is 0 Å². The summed E-state index contributed by atoms with van der Waals surface area (Å²) in [5.41, 5.74) is 2.97. The Morgan fingerprint density at radius 2 is 0.600 bits per heavy atom. The summed E-state index contributed by atoms with van der Waals surface area (Å²) in [6.07, 6.45) is 21.0. The van der Waals surface area contributed by atoms with E-state index in [1.807, 2.05) is 0 Å². The average molecular weight is 545 g/mol. The predicted molar refractivity (Wildman–Crippen MR) is 182 cm³/mol. The highest BCUT2D eigenvalue weighted by atomic mass is 15.1. The summed E-state index contributed by atoms with van der Waals surface area (Å²) in [5, 5.41) is 5.81. The minimum Gasteiger partial charge on any atom is -0.371 e. The van der Waals surface area contributed by atoms with E-state index in [9.17, 15) is 0 Å². The van der Waals surface area contributed by atoms with Gasteiger partial charge in [-0.3, -0.25) is 0 Å². The lowest BCUT2D eigenvalue weighted by Gasteiger charge is -2.33. The van der Waals surface area contributed by atoms with Gasteiger partial charge in [-0.1, -0.05) is 153 Å². The Kier molecular flexibility index (Phi) is 15.3. The van der Waals surface area contributed by atoms with Gasteiger partial charge in [0, 0.05) is 47.7 Å². The molecule has 0 aliphatic heterocycles. The van der Waals surface area contributed by atoms with Crippen molar-refractivity contribution in [3.05, 3.63) is 48.5 Å². The zero-order chi connectivity index (χ0) is 28.4. The van der Waals surface area contributed by atoms with E-state index in [4.69, 9.17) is 0 Å². The number of fused-ring (bicyclic) bond motifs is 2. The standard InChI is InChI=1S/C38H60N2/c1-5-9-13-21-29-39(30-22-14-10-6-2)37-33-25-17-19-27-35(33)38(36-28-20-18-26-34(36)37)40(31-23-15-11-7-3)32-24-16-12-8-4/h17-20,25-28H,5-16,21-24,29-32H2,1-4H3. The third-order valence-electron chi connectivity index (χ3n) is 8.63. The molecule has 0 aromatic heterocycles. The van der Waals surface area contributed by atoms with E-state index in [2.05, 4.69) is 86.0 Å². The number of hydrogen-bond donors (Lipinski definition) is 0. The van der Waals surface area contributed by atoms with Crippen LogP contribution in [0.1, 0.15) is 130 Å². The van der Waals surface area contributed by atoms with Crippen LogP contribution < -0.4 is 9.80 Å². The molecule has 2 nitrogen and oxygen atoms in total. The van der Waals surface area contributed by atoms with E-state index >= 15 is 0 Å². The van der Waals surface area contributed by atoms with E-state index in [0.717, 1.165) is 26.2 Å². The highest BCUT2D eigenvalue weighted by molar-refractivity contribution is 6.20. The quantitative estimate of drug-likeness (QED) is 0.0705. The highest BCUT2D eigenvalue weighted by Crippen LogP contribution is 2.43. The van der Waals surface area contributed by atoms with Gasteiger partial charge in [0.05, 0.1) is 11.4 Å². The fourth-order valence-corrected chi connectivity index (χ4v) is 6.35. The van der Waals surface area contributed by atoms with Crippen molar-refractivity contribution in [1.29, 1.82) is 0 Å². The summed E-state index contributed by atoms with van der Waals surface area (Å²) in [7, 11) is 0. The van der Waals surface area contributed by atoms with Crippen LogP contribution in [-0.4, -0.2) is 26.2 Å². The Labute approximate surface area is 247 Å². The van der Waals surface area contributed by atoms with Gasteiger partial charge in [-0.2, -0.15) is 0 Å². The predicted octanol–water partition coefficient (Wildman–Crippen LogP) is 11.9. The Morgan fingerprint density at radius 1 is 0.350 bits per heavy atom. The number of anilines is 2. The molecule has 0 atom stereocenters. The molecule has 0 fully saturated rings. The molecule has 0 heterocycles. The van der Waals surface area contributed by atoms with Crippen LogP contribution >= 0.6 is 0 Å². The summed E-state index contributed by atoms with van der Waals surface area (Å²) in [6, 6.07) is 18.7. The largest absolute Gasteiger partial charge is 0.371 e. The van der Waals surface area contributed by atoms with Crippen LogP contribution in [0.25, 0.3) is 21.5 Å². The molecule has 3 aromatic rings. The average Bonchev–Trinajstić information content (AvgIpc) is 2.99. The van der Waals surface area contributed by atoms with Gasteiger partial charge in [-0.05, 0) is 25.7 Å². The van der Waals surface area contributed by atoms with E-state index < -0.39 is 0 Å². The lowest BCUT2D eigenvalue weighted by atomic mass is 9.95. The van der Waals surface area contributed by atoms with Crippen molar-refractivity contribution in [3.8, 4) is 0 Å². The fourth-order valence-electron chi connectivity index (χ4n) is 6.35. The van der Waals surface area contributed by atoms with E-state index in [1.54, 1.807) is 0 Å². The minimum absolute atomic E-state index is 1.16. The molecule has 3 aromatic carbocycles. The summed E-state index contributed by atoms with van der Waals surface area (Å²) in [6.45, 7) is 13.9. The second-order valence-corrected chi connectivity index (χ2v) is 12.0. The monoisotopic (exact) mass is 544 g/mol. The van der Waals surface area contributed by atoms with Crippen LogP contribution in [0.15, 0.2) is 48.5 Å². The first-order valence-electron chi connectivity index (χ1n) is 17.2.